The zero-order valence-corrected chi connectivity index (χ0v) is 15.5. The summed E-state index contributed by atoms with van der Waals surface area (Å²) in [5.41, 5.74) is 0.104. The van der Waals surface area contributed by atoms with Crippen LogP contribution >= 0.6 is 0 Å². The number of hydrogen-bond acceptors (Lipinski definition) is 3. The molecule has 0 radical (unpaired) electrons. The maximum Gasteiger partial charge on any atom is 0.137 e. The third-order valence-electron chi connectivity index (χ3n) is 8.98. The topological polar surface area (TPSA) is 57.5 Å². The lowest BCUT2D eigenvalue weighted by Crippen LogP contribution is -2.58. The van der Waals surface area contributed by atoms with Gasteiger partial charge in [0.1, 0.15) is 5.78 Å². The van der Waals surface area contributed by atoms with Gasteiger partial charge in [0.15, 0.2) is 0 Å². The lowest BCUT2D eigenvalue weighted by atomic mass is 9.44. The van der Waals surface area contributed by atoms with Gasteiger partial charge in [-0.3, -0.25) is 4.79 Å². The van der Waals surface area contributed by atoms with E-state index in [0.717, 1.165) is 32.1 Å². The van der Waals surface area contributed by atoms with Gasteiger partial charge in [-0.1, -0.05) is 13.8 Å². The van der Waals surface area contributed by atoms with Crippen LogP contribution < -0.4 is 0 Å². The minimum atomic E-state index is -0.305. The summed E-state index contributed by atoms with van der Waals surface area (Å²) >= 11 is 0. The highest BCUT2D eigenvalue weighted by atomic mass is 16.3. The first-order valence-electron chi connectivity index (χ1n) is 10.2. The predicted octanol–water partition coefficient (Wildman–Crippen LogP) is 3.57. The number of rotatable bonds is 1. The molecule has 4 aliphatic rings. The van der Waals surface area contributed by atoms with Crippen molar-refractivity contribution in [2.45, 2.75) is 84.3 Å². The van der Waals surface area contributed by atoms with Gasteiger partial charge in [0.25, 0.3) is 0 Å². The van der Waals surface area contributed by atoms with Crippen LogP contribution in [0.2, 0.25) is 0 Å². The molecule has 3 heteroatoms. The molecule has 0 aliphatic heterocycles. The Kier molecular flexibility index (Phi) is 3.93. The molecule has 2 N–H and O–H groups in total. The van der Waals surface area contributed by atoms with Crippen molar-refractivity contribution in [2.75, 3.05) is 0 Å². The molecule has 4 aliphatic carbocycles. The van der Waals surface area contributed by atoms with Gasteiger partial charge in [0, 0.05) is 12.3 Å². The molecular formula is C21H34O3. The van der Waals surface area contributed by atoms with Gasteiger partial charge in [-0.25, -0.2) is 0 Å². The molecule has 0 spiro atoms. The van der Waals surface area contributed by atoms with Crippen LogP contribution in [0, 0.1) is 40.4 Å². The largest absolute Gasteiger partial charge is 0.393 e. The van der Waals surface area contributed by atoms with E-state index >= 15 is 0 Å². The van der Waals surface area contributed by atoms with Crippen LogP contribution in [0.4, 0.5) is 0 Å². The van der Waals surface area contributed by atoms with E-state index in [-0.39, 0.29) is 34.9 Å². The van der Waals surface area contributed by atoms with Gasteiger partial charge < -0.3 is 10.2 Å². The average molecular weight is 335 g/mol. The lowest BCUT2D eigenvalue weighted by Gasteiger charge is -2.60. The van der Waals surface area contributed by atoms with E-state index in [2.05, 4.69) is 13.8 Å². The maximum absolute atomic E-state index is 13.3. The minimum Gasteiger partial charge on any atom is -0.393 e. The fraction of sp³-hybridized carbons (Fsp3) is 0.952. The highest BCUT2D eigenvalue weighted by Gasteiger charge is 2.63. The molecular weight excluding hydrogens is 300 g/mol. The van der Waals surface area contributed by atoms with Gasteiger partial charge >= 0.3 is 0 Å². The van der Waals surface area contributed by atoms with Gasteiger partial charge in [-0.2, -0.15) is 0 Å². The normalized spacial score (nSPS) is 55.5. The zero-order valence-electron chi connectivity index (χ0n) is 15.5. The summed E-state index contributed by atoms with van der Waals surface area (Å²) in [4.78, 5) is 13.3. The number of fused-ring (bicyclic) bond motifs is 5. The van der Waals surface area contributed by atoms with E-state index in [1.54, 1.807) is 0 Å². The molecule has 0 bridgehead atoms. The zero-order chi connectivity index (χ0) is 17.3. The summed E-state index contributed by atoms with van der Waals surface area (Å²) in [6.45, 7) is 6.55. The van der Waals surface area contributed by atoms with Gasteiger partial charge in [0.2, 0.25) is 0 Å². The molecule has 0 aromatic rings. The smallest absolute Gasteiger partial charge is 0.137 e. The number of aliphatic hydroxyl groups is 2. The third-order valence-corrected chi connectivity index (χ3v) is 8.98. The Morgan fingerprint density at radius 1 is 1.08 bits per heavy atom. The fourth-order valence-corrected chi connectivity index (χ4v) is 7.88. The molecule has 4 saturated carbocycles. The quantitative estimate of drug-likeness (QED) is 0.771. The van der Waals surface area contributed by atoms with Crippen molar-refractivity contribution in [3.63, 3.8) is 0 Å². The van der Waals surface area contributed by atoms with Crippen molar-refractivity contribution in [3.8, 4) is 0 Å². The molecule has 0 aromatic heterocycles. The van der Waals surface area contributed by atoms with Gasteiger partial charge in [-0.15, -0.1) is 0 Å². The lowest BCUT2D eigenvalue weighted by molar-refractivity contribution is -0.163. The standard InChI is InChI=1S/C21H34O3/c1-12(22)16-6-7-17-15-5-4-13-10-14(23)8-9-20(13,2)19(15)18(24)11-21(16,17)3/h12-17,19,22-23H,4-11H2,1-3H3/t12-,13-,14+,15-,16-,17+,19+,20-,21+/m0/s1. The molecule has 4 fully saturated rings. The number of aliphatic hydroxyl groups excluding tert-OH is 2. The van der Waals surface area contributed by atoms with Gasteiger partial charge in [-0.05, 0) is 86.4 Å². The molecule has 24 heavy (non-hydrogen) atoms. The first-order valence-corrected chi connectivity index (χ1v) is 10.2. The molecule has 0 saturated heterocycles. The summed E-state index contributed by atoms with van der Waals surface area (Å²) in [7, 11) is 0. The first kappa shape index (κ1) is 17.0. The monoisotopic (exact) mass is 334 g/mol. The summed E-state index contributed by atoms with van der Waals surface area (Å²) in [5, 5.41) is 20.4. The van der Waals surface area contributed by atoms with E-state index in [4.69, 9.17) is 0 Å². The molecule has 4 rings (SSSR count). The molecule has 0 heterocycles. The van der Waals surface area contributed by atoms with Crippen LogP contribution in [0.1, 0.15) is 72.1 Å². The van der Waals surface area contributed by atoms with Crippen molar-refractivity contribution in [2.24, 2.45) is 40.4 Å². The van der Waals surface area contributed by atoms with Crippen molar-refractivity contribution >= 4 is 5.78 Å². The van der Waals surface area contributed by atoms with E-state index < -0.39 is 0 Å². The van der Waals surface area contributed by atoms with Crippen LogP contribution in [0.25, 0.3) is 0 Å². The average Bonchev–Trinajstić information content (AvgIpc) is 2.84. The predicted molar refractivity (Wildman–Crippen MR) is 93.3 cm³/mol. The van der Waals surface area contributed by atoms with Crippen LogP contribution in [-0.4, -0.2) is 28.2 Å². The Labute approximate surface area is 146 Å². The second kappa shape index (κ2) is 5.54. The molecule has 0 aromatic carbocycles. The third kappa shape index (κ3) is 2.19. The van der Waals surface area contributed by atoms with Crippen LogP contribution in [0.3, 0.4) is 0 Å². The SMILES string of the molecule is C[C@H](O)[C@@H]1CC[C@@H]2[C@@H]3CC[C@H]4C[C@H](O)CC[C@]4(C)[C@H]3C(=O)C[C@@]21C. The van der Waals surface area contributed by atoms with Crippen molar-refractivity contribution in [1.29, 1.82) is 0 Å². The molecule has 136 valence electrons. The van der Waals surface area contributed by atoms with Crippen molar-refractivity contribution in [1.82, 2.24) is 0 Å². The fourth-order valence-electron chi connectivity index (χ4n) is 7.88. The number of ketones is 1. The Hall–Kier alpha value is -0.410. The number of hydrogen-bond donors (Lipinski definition) is 2. The Bertz CT molecular complexity index is 529. The molecule has 0 unspecified atom stereocenters. The molecule has 3 nitrogen and oxygen atoms in total. The van der Waals surface area contributed by atoms with Crippen LogP contribution in [0.5, 0.6) is 0 Å². The molecule has 9 atom stereocenters. The number of carbonyl (C=O) groups is 1. The van der Waals surface area contributed by atoms with E-state index in [1.807, 2.05) is 6.92 Å². The van der Waals surface area contributed by atoms with E-state index in [1.165, 1.54) is 12.8 Å². The Morgan fingerprint density at radius 3 is 2.54 bits per heavy atom. The molecule has 0 amide bonds. The van der Waals surface area contributed by atoms with E-state index in [9.17, 15) is 15.0 Å². The van der Waals surface area contributed by atoms with E-state index in [0.29, 0.717) is 30.0 Å². The Balaban J connectivity index is 1.67. The number of Topliss-reactive ketones (excluding diaryl/α,β-unsaturated/α-hetero) is 1. The first-order chi connectivity index (χ1) is 11.3. The van der Waals surface area contributed by atoms with Crippen molar-refractivity contribution < 1.29 is 15.0 Å². The second-order valence-corrected chi connectivity index (χ2v) is 10.0. The summed E-state index contributed by atoms with van der Waals surface area (Å²) < 4.78 is 0. The van der Waals surface area contributed by atoms with Crippen molar-refractivity contribution in [3.05, 3.63) is 0 Å². The second-order valence-electron chi connectivity index (χ2n) is 10.0. The van der Waals surface area contributed by atoms with Crippen LogP contribution in [-0.2, 0) is 4.79 Å². The maximum atomic E-state index is 13.3. The summed E-state index contributed by atoms with van der Waals surface area (Å²) in [6, 6.07) is 0. The highest BCUT2D eigenvalue weighted by Crippen LogP contribution is 2.66. The Morgan fingerprint density at radius 2 is 1.83 bits per heavy atom. The highest BCUT2D eigenvalue weighted by molar-refractivity contribution is 5.84. The number of carbonyl (C=O) groups excluding carboxylic acids is 1. The summed E-state index contributed by atoms with van der Waals surface area (Å²) in [5.74, 6) is 2.58. The summed E-state index contributed by atoms with van der Waals surface area (Å²) in [6.07, 6.45) is 7.56. The van der Waals surface area contributed by atoms with Crippen LogP contribution in [0.15, 0.2) is 0 Å². The van der Waals surface area contributed by atoms with Gasteiger partial charge in [0.05, 0.1) is 12.2 Å². The minimum absolute atomic E-state index is 0.00376.